The molecule has 2 heteroatoms. The first-order chi connectivity index (χ1) is 16.9. The monoisotopic (exact) mass is 473 g/mol. The van der Waals surface area contributed by atoms with Crippen LogP contribution in [0.2, 0.25) is 0 Å². The first kappa shape index (κ1) is 22.7. The van der Waals surface area contributed by atoms with Gasteiger partial charge in [0.1, 0.15) is 0 Å². The zero-order valence-corrected chi connectivity index (χ0v) is 20.9. The fraction of sp³-hybridized carbons (Fsp3) is 0.0625. The minimum atomic E-state index is -0.473. The van der Waals surface area contributed by atoms with Crippen molar-refractivity contribution in [1.82, 2.24) is 0 Å². The molecule has 0 heterocycles. The van der Waals surface area contributed by atoms with Crippen LogP contribution in [0.5, 0.6) is 0 Å². The Labute approximate surface area is 205 Å². The van der Waals surface area contributed by atoms with Crippen molar-refractivity contribution in [1.29, 1.82) is 0 Å². The molecule has 0 unspecified atom stereocenters. The minimum absolute atomic E-state index is 0.473. The van der Waals surface area contributed by atoms with Gasteiger partial charge in [0.15, 0.2) is 0 Å². The SMILES string of the molecule is [c-]1c(CP(c2ccccc2)c2ccccc2)cccc1CP(c1ccccc1)c1ccccc1. The van der Waals surface area contributed by atoms with Crippen LogP contribution in [0.1, 0.15) is 11.1 Å². The molecule has 0 saturated carbocycles. The van der Waals surface area contributed by atoms with Gasteiger partial charge in [-0.15, -0.1) is 0 Å². The Morgan fingerprint density at radius 3 is 0.941 bits per heavy atom. The number of rotatable bonds is 8. The van der Waals surface area contributed by atoms with Crippen molar-refractivity contribution >= 4 is 37.1 Å². The lowest BCUT2D eigenvalue weighted by atomic mass is 10.2. The molecule has 0 amide bonds. The maximum Gasteiger partial charge on any atom is -0.0193 e. The highest BCUT2D eigenvalue weighted by Gasteiger charge is 2.15. The molecule has 0 aliphatic rings. The van der Waals surface area contributed by atoms with Gasteiger partial charge in [-0.2, -0.15) is 35.4 Å². The lowest BCUT2D eigenvalue weighted by molar-refractivity contribution is 1.31. The van der Waals surface area contributed by atoms with Crippen molar-refractivity contribution in [3.05, 3.63) is 157 Å². The standard InChI is InChI=1S/C32H27P2/c1-5-16-29(17-6-1)33(30-18-7-2-8-19-30)25-27-14-13-15-28(24-27)26-34(31-20-9-3-10-21-31)32-22-11-4-12-23-32/h1-23H,25-26H2/q-1. The fourth-order valence-electron chi connectivity index (χ4n) is 4.19. The van der Waals surface area contributed by atoms with E-state index in [9.17, 15) is 0 Å². The molecule has 0 aromatic heterocycles. The van der Waals surface area contributed by atoms with Gasteiger partial charge in [-0.1, -0.05) is 121 Å². The third kappa shape index (κ3) is 5.71. The normalized spacial score (nSPS) is 11.1. The average molecular weight is 474 g/mol. The van der Waals surface area contributed by atoms with Crippen molar-refractivity contribution in [3.63, 3.8) is 0 Å². The van der Waals surface area contributed by atoms with Crippen LogP contribution in [-0.2, 0) is 12.3 Å². The number of benzene rings is 5. The Balaban J connectivity index is 1.44. The zero-order chi connectivity index (χ0) is 23.0. The Kier molecular flexibility index (Phi) is 7.62. The van der Waals surface area contributed by atoms with Crippen LogP contribution < -0.4 is 21.2 Å². The van der Waals surface area contributed by atoms with Crippen molar-refractivity contribution in [2.75, 3.05) is 0 Å². The predicted molar refractivity (Wildman–Crippen MR) is 151 cm³/mol. The van der Waals surface area contributed by atoms with E-state index in [-0.39, 0.29) is 0 Å². The van der Waals surface area contributed by atoms with Gasteiger partial charge in [-0.25, -0.2) is 0 Å². The van der Waals surface area contributed by atoms with Crippen LogP contribution in [-0.4, -0.2) is 0 Å². The van der Waals surface area contributed by atoms with Gasteiger partial charge in [-0.05, 0) is 49.4 Å². The van der Waals surface area contributed by atoms with Gasteiger partial charge in [-0.3, -0.25) is 0 Å². The second-order valence-electron chi connectivity index (χ2n) is 8.22. The number of hydrogen-bond donors (Lipinski definition) is 0. The molecule has 0 saturated heterocycles. The van der Waals surface area contributed by atoms with E-state index in [2.05, 4.69) is 146 Å². The molecule has 5 aromatic rings. The Morgan fingerprint density at radius 1 is 0.353 bits per heavy atom. The lowest BCUT2D eigenvalue weighted by Gasteiger charge is -2.24. The highest BCUT2D eigenvalue weighted by atomic mass is 31.1. The van der Waals surface area contributed by atoms with Crippen LogP contribution in [0.25, 0.3) is 0 Å². The smallest absolute Gasteiger partial charge is 0.0193 e. The molecule has 5 aromatic carbocycles. The summed E-state index contributed by atoms with van der Waals surface area (Å²) in [4.78, 5) is 0. The summed E-state index contributed by atoms with van der Waals surface area (Å²) in [7, 11) is -0.947. The summed E-state index contributed by atoms with van der Waals surface area (Å²) < 4.78 is 0. The second kappa shape index (κ2) is 11.4. The molecular formula is C32H27P2-. The summed E-state index contributed by atoms with van der Waals surface area (Å²) in [5.41, 5.74) is 2.60. The first-order valence-corrected chi connectivity index (χ1v) is 14.7. The van der Waals surface area contributed by atoms with Gasteiger partial charge >= 0.3 is 0 Å². The van der Waals surface area contributed by atoms with Crippen LogP contribution in [0, 0.1) is 6.07 Å². The highest BCUT2D eigenvalue weighted by molar-refractivity contribution is 7.72. The predicted octanol–water partition coefficient (Wildman–Crippen LogP) is 6.75. The van der Waals surface area contributed by atoms with E-state index in [1.165, 1.54) is 32.3 Å². The summed E-state index contributed by atoms with van der Waals surface area (Å²) in [6.45, 7) is 0. The minimum Gasteiger partial charge on any atom is -0.176 e. The molecule has 0 N–H and O–H groups in total. The summed E-state index contributed by atoms with van der Waals surface area (Å²) >= 11 is 0. The summed E-state index contributed by atoms with van der Waals surface area (Å²) in [5.74, 6) is 0. The molecule has 34 heavy (non-hydrogen) atoms. The molecule has 0 radical (unpaired) electrons. The average Bonchev–Trinajstić information content (AvgIpc) is 2.92. The molecule has 0 fully saturated rings. The third-order valence-electron chi connectivity index (χ3n) is 5.84. The Bertz CT molecular complexity index is 1110. The van der Waals surface area contributed by atoms with Crippen LogP contribution in [0.4, 0.5) is 0 Å². The van der Waals surface area contributed by atoms with Gasteiger partial charge < -0.3 is 0 Å². The quantitative estimate of drug-likeness (QED) is 0.173. The number of hydrogen-bond acceptors (Lipinski definition) is 0. The van der Waals surface area contributed by atoms with Crippen LogP contribution >= 0.6 is 15.8 Å². The van der Waals surface area contributed by atoms with E-state index in [1.807, 2.05) is 0 Å². The maximum atomic E-state index is 3.82. The van der Waals surface area contributed by atoms with Gasteiger partial charge in [0.25, 0.3) is 0 Å². The van der Waals surface area contributed by atoms with Crippen molar-refractivity contribution in [2.45, 2.75) is 12.3 Å². The van der Waals surface area contributed by atoms with Crippen molar-refractivity contribution in [2.24, 2.45) is 0 Å². The van der Waals surface area contributed by atoms with Crippen LogP contribution in [0.15, 0.2) is 140 Å². The fourth-order valence-corrected chi connectivity index (χ4v) is 8.70. The molecule has 0 aliphatic heterocycles. The molecule has 166 valence electrons. The van der Waals surface area contributed by atoms with Crippen LogP contribution in [0.3, 0.4) is 0 Å². The summed E-state index contributed by atoms with van der Waals surface area (Å²) in [6, 6.07) is 54.3. The molecular weight excluding hydrogens is 446 g/mol. The van der Waals surface area contributed by atoms with E-state index < -0.39 is 15.8 Å². The highest BCUT2D eigenvalue weighted by Crippen LogP contribution is 2.40. The first-order valence-electron chi connectivity index (χ1n) is 11.6. The summed E-state index contributed by atoms with van der Waals surface area (Å²) in [5, 5.41) is 5.66. The van der Waals surface area contributed by atoms with Gasteiger partial charge in [0, 0.05) is 0 Å². The molecule has 0 nitrogen and oxygen atoms in total. The van der Waals surface area contributed by atoms with Gasteiger partial charge in [0.2, 0.25) is 0 Å². The lowest BCUT2D eigenvalue weighted by Crippen LogP contribution is -2.14. The third-order valence-corrected chi connectivity index (χ3v) is 10.8. The second-order valence-corrected chi connectivity index (χ2v) is 12.6. The van der Waals surface area contributed by atoms with E-state index in [0.29, 0.717) is 0 Å². The Morgan fingerprint density at radius 2 is 0.647 bits per heavy atom. The van der Waals surface area contributed by atoms with Crippen molar-refractivity contribution in [3.8, 4) is 0 Å². The van der Waals surface area contributed by atoms with E-state index in [0.717, 1.165) is 12.3 Å². The molecule has 0 spiro atoms. The topological polar surface area (TPSA) is 0 Å². The van der Waals surface area contributed by atoms with E-state index >= 15 is 0 Å². The molecule has 0 aliphatic carbocycles. The Hall–Kier alpha value is -3.04. The van der Waals surface area contributed by atoms with Gasteiger partial charge in [0.05, 0.1) is 0 Å². The van der Waals surface area contributed by atoms with Crippen molar-refractivity contribution < 1.29 is 0 Å². The zero-order valence-electron chi connectivity index (χ0n) is 19.1. The largest absolute Gasteiger partial charge is 0.176 e. The summed E-state index contributed by atoms with van der Waals surface area (Å²) in [6.07, 6.45) is 2.01. The maximum absolute atomic E-state index is 3.82. The molecule has 0 atom stereocenters. The molecule has 0 bridgehead atoms. The van der Waals surface area contributed by atoms with E-state index in [4.69, 9.17) is 0 Å². The van der Waals surface area contributed by atoms with E-state index in [1.54, 1.807) is 0 Å². The molecule has 5 rings (SSSR count).